The summed E-state index contributed by atoms with van der Waals surface area (Å²) in [5.74, 6) is 2.69. The van der Waals surface area contributed by atoms with Gasteiger partial charge < -0.3 is 9.64 Å². The summed E-state index contributed by atoms with van der Waals surface area (Å²) in [4.78, 5) is 14.5. The molecule has 1 aromatic rings. The van der Waals surface area contributed by atoms with Gasteiger partial charge in [-0.05, 0) is 48.8 Å². The standard InChI is InChI=1S/C17H22N2O2/c1-21-14-6-4-12(5-7-14)17-18-10-16(20)19(17)15-9-11-2-3-13(15)8-11/h4-7,11,13,15,17-18H,2-3,8-10H2,1H3. The number of fused-ring (bicyclic) bond motifs is 2. The van der Waals surface area contributed by atoms with E-state index in [1.165, 1.54) is 25.7 Å². The number of carbonyl (C=O) groups excluding carboxylic acids is 1. The van der Waals surface area contributed by atoms with E-state index in [4.69, 9.17) is 4.74 Å². The molecule has 3 fully saturated rings. The Morgan fingerprint density at radius 3 is 2.62 bits per heavy atom. The number of carbonyl (C=O) groups is 1. The molecule has 1 N–H and O–H groups in total. The Kier molecular flexibility index (Phi) is 3.14. The maximum absolute atomic E-state index is 12.4. The van der Waals surface area contributed by atoms with Gasteiger partial charge in [0.05, 0.1) is 13.7 Å². The molecule has 2 bridgehead atoms. The van der Waals surface area contributed by atoms with Crippen LogP contribution in [0.15, 0.2) is 24.3 Å². The van der Waals surface area contributed by atoms with Crippen molar-refractivity contribution in [3.63, 3.8) is 0 Å². The van der Waals surface area contributed by atoms with Crippen molar-refractivity contribution in [1.82, 2.24) is 10.2 Å². The van der Waals surface area contributed by atoms with E-state index < -0.39 is 0 Å². The smallest absolute Gasteiger partial charge is 0.238 e. The van der Waals surface area contributed by atoms with Crippen LogP contribution in [0.3, 0.4) is 0 Å². The van der Waals surface area contributed by atoms with Crippen LogP contribution < -0.4 is 10.1 Å². The highest BCUT2D eigenvalue weighted by atomic mass is 16.5. The molecule has 112 valence electrons. The molecular formula is C17H22N2O2. The summed E-state index contributed by atoms with van der Waals surface area (Å²) in [6, 6.07) is 8.51. The largest absolute Gasteiger partial charge is 0.497 e. The summed E-state index contributed by atoms with van der Waals surface area (Å²) in [6.07, 6.45) is 5.22. The van der Waals surface area contributed by atoms with Crippen molar-refractivity contribution in [2.24, 2.45) is 11.8 Å². The Morgan fingerprint density at radius 1 is 1.19 bits per heavy atom. The molecule has 2 saturated carbocycles. The molecule has 4 heteroatoms. The first kappa shape index (κ1) is 13.1. The van der Waals surface area contributed by atoms with Gasteiger partial charge in [0, 0.05) is 6.04 Å². The highest BCUT2D eigenvalue weighted by Gasteiger charge is 2.47. The monoisotopic (exact) mass is 286 g/mol. The van der Waals surface area contributed by atoms with E-state index in [-0.39, 0.29) is 12.1 Å². The lowest BCUT2D eigenvalue weighted by molar-refractivity contribution is -0.131. The number of nitrogens with one attached hydrogen (secondary N) is 1. The third-order valence-corrected chi connectivity index (χ3v) is 5.50. The lowest BCUT2D eigenvalue weighted by Gasteiger charge is -2.35. The number of hydrogen-bond acceptors (Lipinski definition) is 3. The molecule has 4 nitrogen and oxygen atoms in total. The van der Waals surface area contributed by atoms with Crippen molar-refractivity contribution >= 4 is 5.91 Å². The van der Waals surface area contributed by atoms with Gasteiger partial charge in [0.2, 0.25) is 5.91 Å². The molecule has 4 unspecified atom stereocenters. The van der Waals surface area contributed by atoms with Crippen molar-refractivity contribution < 1.29 is 9.53 Å². The highest BCUT2D eigenvalue weighted by Crippen LogP contribution is 2.48. The number of ether oxygens (including phenoxy) is 1. The van der Waals surface area contributed by atoms with E-state index in [0.717, 1.165) is 23.1 Å². The zero-order valence-electron chi connectivity index (χ0n) is 12.4. The van der Waals surface area contributed by atoms with Gasteiger partial charge in [0.15, 0.2) is 0 Å². The molecule has 0 spiro atoms. The number of methoxy groups -OCH3 is 1. The molecule has 1 aromatic carbocycles. The van der Waals surface area contributed by atoms with Gasteiger partial charge in [-0.15, -0.1) is 0 Å². The van der Waals surface area contributed by atoms with E-state index in [1.54, 1.807) is 7.11 Å². The Bertz CT molecular complexity index is 542. The fourth-order valence-corrected chi connectivity index (χ4v) is 4.51. The topological polar surface area (TPSA) is 41.6 Å². The van der Waals surface area contributed by atoms with Gasteiger partial charge in [-0.1, -0.05) is 18.6 Å². The predicted octanol–water partition coefficient (Wildman–Crippen LogP) is 2.31. The zero-order valence-corrected chi connectivity index (χ0v) is 12.4. The van der Waals surface area contributed by atoms with Crippen LogP contribution >= 0.6 is 0 Å². The fourth-order valence-electron chi connectivity index (χ4n) is 4.51. The Balaban J connectivity index is 1.59. The summed E-state index contributed by atoms with van der Waals surface area (Å²) in [7, 11) is 1.67. The van der Waals surface area contributed by atoms with Crippen molar-refractivity contribution in [3.8, 4) is 5.75 Å². The summed E-state index contributed by atoms with van der Waals surface area (Å²) in [5.41, 5.74) is 1.16. The summed E-state index contributed by atoms with van der Waals surface area (Å²) < 4.78 is 5.22. The Hall–Kier alpha value is -1.55. The van der Waals surface area contributed by atoms with Gasteiger partial charge in [0.25, 0.3) is 0 Å². The molecule has 1 heterocycles. The number of hydrogen-bond donors (Lipinski definition) is 1. The van der Waals surface area contributed by atoms with Crippen LogP contribution in [0.1, 0.15) is 37.4 Å². The highest BCUT2D eigenvalue weighted by molar-refractivity contribution is 5.81. The lowest BCUT2D eigenvalue weighted by Crippen LogP contribution is -2.42. The zero-order chi connectivity index (χ0) is 14.4. The fraction of sp³-hybridized carbons (Fsp3) is 0.588. The second kappa shape index (κ2) is 5.02. The van der Waals surface area contributed by atoms with E-state index >= 15 is 0 Å². The first-order valence-electron chi connectivity index (χ1n) is 7.95. The van der Waals surface area contributed by atoms with Crippen LogP contribution in [0.2, 0.25) is 0 Å². The lowest BCUT2D eigenvalue weighted by atomic mass is 9.93. The van der Waals surface area contributed by atoms with Crippen molar-refractivity contribution in [2.45, 2.75) is 37.9 Å². The minimum atomic E-state index is 0.0350. The molecule has 0 radical (unpaired) electrons. The van der Waals surface area contributed by atoms with Crippen LogP contribution in [-0.2, 0) is 4.79 Å². The van der Waals surface area contributed by atoms with E-state index in [2.05, 4.69) is 22.3 Å². The number of amides is 1. The van der Waals surface area contributed by atoms with Crippen LogP contribution in [0.25, 0.3) is 0 Å². The van der Waals surface area contributed by atoms with Crippen LogP contribution in [-0.4, -0.2) is 30.5 Å². The van der Waals surface area contributed by atoms with Crippen molar-refractivity contribution in [1.29, 1.82) is 0 Å². The van der Waals surface area contributed by atoms with E-state index in [0.29, 0.717) is 12.6 Å². The SMILES string of the molecule is COc1ccc(C2NCC(=O)N2C2CC3CCC2C3)cc1. The van der Waals surface area contributed by atoms with Crippen LogP contribution in [0.5, 0.6) is 5.75 Å². The molecular weight excluding hydrogens is 264 g/mol. The number of nitrogens with zero attached hydrogens (tertiary/aromatic N) is 1. The average molecular weight is 286 g/mol. The van der Waals surface area contributed by atoms with Crippen LogP contribution in [0, 0.1) is 11.8 Å². The van der Waals surface area contributed by atoms with Gasteiger partial charge >= 0.3 is 0 Å². The van der Waals surface area contributed by atoms with Gasteiger partial charge in [-0.25, -0.2) is 0 Å². The minimum Gasteiger partial charge on any atom is -0.497 e. The summed E-state index contributed by atoms with van der Waals surface area (Å²) in [6.45, 7) is 0.463. The first-order chi connectivity index (χ1) is 10.3. The molecule has 0 aromatic heterocycles. The normalized spacial score (nSPS) is 34.7. The molecule has 4 rings (SSSR count). The molecule has 1 saturated heterocycles. The van der Waals surface area contributed by atoms with E-state index in [9.17, 15) is 4.79 Å². The quantitative estimate of drug-likeness (QED) is 0.927. The molecule has 4 atom stereocenters. The van der Waals surface area contributed by atoms with Crippen molar-refractivity contribution in [3.05, 3.63) is 29.8 Å². The Labute approximate surface area is 125 Å². The third-order valence-electron chi connectivity index (χ3n) is 5.50. The first-order valence-corrected chi connectivity index (χ1v) is 7.95. The maximum Gasteiger partial charge on any atom is 0.238 e. The average Bonchev–Trinajstić information content (AvgIpc) is 3.22. The molecule has 3 aliphatic rings. The molecule has 1 aliphatic heterocycles. The predicted molar refractivity (Wildman–Crippen MR) is 79.8 cm³/mol. The molecule has 1 amide bonds. The van der Waals surface area contributed by atoms with Gasteiger partial charge in [-0.2, -0.15) is 0 Å². The number of benzene rings is 1. The van der Waals surface area contributed by atoms with Crippen molar-refractivity contribution in [2.75, 3.05) is 13.7 Å². The Morgan fingerprint density at radius 2 is 2.00 bits per heavy atom. The molecule has 2 aliphatic carbocycles. The maximum atomic E-state index is 12.4. The van der Waals surface area contributed by atoms with E-state index in [1.807, 2.05) is 12.1 Å². The van der Waals surface area contributed by atoms with Gasteiger partial charge in [0.1, 0.15) is 11.9 Å². The second-order valence-corrected chi connectivity index (χ2v) is 6.60. The second-order valence-electron chi connectivity index (χ2n) is 6.60. The molecule has 21 heavy (non-hydrogen) atoms. The van der Waals surface area contributed by atoms with Gasteiger partial charge in [-0.3, -0.25) is 10.1 Å². The summed E-state index contributed by atoms with van der Waals surface area (Å²) >= 11 is 0. The summed E-state index contributed by atoms with van der Waals surface area (Å²) in [5, 5.41) is 3.38. The number of rotatable bonds is 3. The third kappa shape index (κ3) is 2.13. The van der Waals surface area contributed by atoms with Crippen LogP contribution in [0.4, 0.5) is 0 Å². The minimum absolute atomic E-state index is 0.0350.